The molecule has 188 valence electrons. The van der Waals surface area contributed by atoms with Crippen molar-refractivity contribution in [3.8, 4) is 0 Å². The number of aromatic nitrogens is 2. The predicted octanol–water partition coefficient (Wildman–Crippen LogP) is 4.77. The Labute approximate surface area is 210 Å². The Morgan fingerprint density at radius 1 is 1.09 bits per heavy atom. The van der Waals surface area contributed by atoms with E-state index in [9.17, 15) is 4.79 Å². The van der Waals surface area contributed by atoms with Crippen molar-refractivity contribution in [1.82, 2.24) is 19.8 Å². The molecular formula is C29H41N5O. The summed E-state index contributed by atoms with van der Waals surface area (Å²) in [5, 5.41) is 3.18. The van der Waals surface area contributed by atoms with E-state index in [1.54, 1.807) is 0 Å². The van der Waals surface area contributed by atoms with Gasteiger partial charge in [0.25, 0.3) is 0 Å². The molecule has 6 nitrogen and oxygen atoms in total. The molecule has 0 spiro atoms. The van der Waals surface area contributed by atoms with Gasteiger partial charge in [-0.05, 0) is 76.0 Å². The summed E-state index contributed by atoms with van der Waals surface area (Å²) in [6, 6.07) is 15.1. The van der Waals surface area contributed by atoms with Crippen LogP contribution in [0.4, 0.5) is 5.95 Å². The average molecular weight is 476 g/mol. The van der Waals surface area contributed by atoms with Gasteiger partial charge in [-0.2, -0.15) is 0 Å². The molecule has 2 aromatic carbocycles. The van der Waals surface area contributed by atoms with E-state index < -0.39 is 0 Å². The summed E-state index contributed by atoms with van der Waals surface area (Å²) in [4.78, 5) is 22.6. The summed E-state index contributed by atoms with van der Waals surface area (Å²) in [5.41, 5.74) is 6.10. The molecule has 1 N–H and O–H groups in total. The van der Waals surface area contributed by atoms with E-state index in [-0.39, 0.29) is 11.8 Å². The molecule has 2 heterocycles. The van der Waals surface area contributed by atoms with Crippen LogP contribution in [0.5, 0.6) is 0 Å². The number of rotatable bonds is 10. The van der Waals surface area contributed by atoms with E-state index in [2.05, 4.69) is 89.8 Å². The zero-order chi connectivity index (χ0) is 24.8. The van der Waals surface area contributed by atoms with Crippen LogP contribution in [-0.2, 0) is 11.3 Å². The molecule has 0 aliphatic carbocycles. The third-order valence-electron chi connectivity index (χ3n) is 7.46. The van der Waals surface area contributed by atoms with Crippen LogP contribution in [0.25, 0.3) is 11.0 Å². The molecule has 0 unspecified atom stereocenters. The summed E-state index contributed by atoms with van der Waals surface area (Å²) in [5.74, 6) is 1.33. The number of piperidine rings is 1. The van der Waals surface area contributed by atoms with Gasteiger partial charge in [-0.3, -0.25) is 4.79 Å². The van der Waals surface area contributed by atoms with E-state index in [1.165, 1.54) is 16.7 Å². The minimum Gasteiger partial charge on any atom is -0.356 e. The summed E-state index contributed by atoms with van der Waals surface area (Å²) >= 11 is 0. The van der Waals surface area contributed by atoms with E-state index in [0.29, 0.717) is 0 Å². The Kier molecular flexibility index (Phi) is 8.45. The molecule has 1 saturated heterocycles. The summed E-state index contributed by atoms with van der Waals surface area (Å²) in [6.07, 6.45) is 2.75. The molecular weight excluding hydrogens is 434 g/mol. The second kappa shape index (κ2) is 11.7. The molecule has 1 amide bonds. The molecule has 35 heavy (non-hydrogen) atoms. The maximum Gasteiger partial charge on any atom is 0.223 e. The lowest BCUT2D eigenvalue weighted by molar-refractivity contribution is -0.125. The van der Waals surface area contributed by atoms with Gasteiger partial charge in [-0.25, -0.2) is 4.98 Å². The van der Waals surface area contributed by atoms with Crippen LogP contribution in [0.3, 0.4) is 0 Å². The summed E-state index contributed by atoms with van der Waals surface area (Å²) in [6.45, 7) is 15.2. The van der Waals surface area contributed by atoms with Gasteiger partial charge in [-0.15, -0.1) is 0 Å². The van der Waals surface area contributed by atoms with E-state index in [4.69, 9.17) is 4.98 Å². The monoisotopic (exact) mass is 475 g/mol. The normalized spacial score (nSPS) is 14.7. The number of para-hydroxylation sites is 2. The third-order valence-corrected chi connectivity index (χ3v) is 7.46. The van der Waals surface area contributed by atoms with Crippen LogP contribution in [0.15, 0.2) is 42.5 Å². The Hall–Kier alpha value is -2.86. The molecule has 1 aliphatic rings. The first kappa shape index (κ1) is 25.2. The second-order valence-electron chi connectivity index (χ2n) is 9.85. The minimum absolute atomic E-state index is 0.0940. The van der Waals surface area contributed by atoms with Crippen LogP contribution in [0, 0.1) is 19.8 Å². The van der Waals surface area contributed by atoms with Crippen molar-refractivity contribution in [3.63, 3.8) is 0 Å². The van der Waals surface area contributed by atoms with Crippen LogP contribution < -0.4 is 10.2 Å². The number of amides is 1. The Morgan fingerprint density at radius 2 is 1.83 bits per heavy atom. The van der Waals surface area contributed by atoms with Gasteiger partial charge >= 0.3 is 0 Å². The molecule has 6 heteroatoms. The van der Waals surface area contributed by atoms with Crippen LogP contribution in [0.2, 0.25) is 0 Å². The number of carbonyl (C=O) groups excluding carboxylic acids is 1. The fourth-order valence-electron chi connectivity index (χ4n) is 5.14. The lowest BCUT2D eigenvalue weighted by Gasteiger charge is -2.32. The molecule has 0 bridgehead atoms. The quantitative estimate of drug-likeness (QED) is 0.429. The number of fused-ring (bicyclic) bond motifs is 1. The highest BCUT2D eigenvalue weighted by Gasteiger charge is 2.27. The Morgan fingerprint density at radius 3 is 2.57 bits per heavy atom. The molecule has 1 aliphatic heterocycles. The van der Waals surface area contributed by atoms with Crippen molar-refractivity contribution >= 4 is 22.9 Å². The highest BCUT2D eigenvalue weighted by molar-refractivity contribution is 5.80. The van der Waals surface area contributed by atoms with Crippen molar-refractivity contribution < 1.29 is 4.79 Å². The second-order valence-corrected chi connectivity index (χ2v) is 9.85. The first-order valence-electron chi connectivity index (χ1n) is 13.3. The third kappa shape index (κ3) is 6.04. The molecule has 4 rings (SSSR count). The first-order valence-corrected chi connectivity index (χ1v) is 13.3. The Balaban J connectivity index is 1.41. The molecule has 1 aromatic heterocycles. The fraction of sp³-hybridized carbons (Fsp3) is 0.517. The van der Waals surface area contributed by atoms with Gasteiger partial charge in [0.1, 0.15) is 0 Å². The van der Waals surface area contributed by atoms with Crippen LogP contribution in [-0.4, -0.2) is 59.6 Å². The Bertz CT molecular complexity index is 1130. The number of anilines is 1. The maximum atomic E-state index is 12.8. The smallest absolute Gasteiger partial charge is 0.223 e. The number of hydrogen-bond donors (Lipinski definition) is 1. The minimum atomic E-state index is 0.0940. The van der Waals surface area contributed by atoms with Crippen LogP contribution in [0.1, 0.15) is 49.8 Å². The van der Waals surface area contributed by atoms with Crippen molar-refractivity contribution in [2.24, 2.45) is 5.92 Å². The highest BCUT2D eigenvalue weighted by atomic mass is 16.1. The number of benzene rings is 2. The molecule has 3 aromatic rings. The lowest BCUT2D eigenvalue weighted by Crippen LogP contribution is -2.42. The van der Waals surface area contributed by atoms with Gasteiger partial charge in [0.2, 0.25) is 11.9 Å². The topological polar surface area (TPSA) is 53.4 Å². The molecule has 1 fully saturated rings. The molecule has 0 atom stereocenters. The number of carbonyl (C=O) groups is 1. The number of imidazole rings is 1. The number of nitrogens with one attached hydrogen (secondary N) is 1. The SMILES string of the molecule is CCN(CC)CCCNC(=O)C1CCN(c2nc3ccccc3n2Cc2cc(C)ccc2C)CC1. The van der Waals surface area contributed by atoms with Crippen LogP contribution >= 0.6 is 0 Å². The van der Waals surface area contributed by atoms with E-state index in [1.807, 2.05) is 0 Å². The average Bonchev–Trinajstić information content (AvgIpc) is 3.24. The zero-order valence-corrected chi connectivity index (χ0v) is 21.9. The molecule has 0 saturated carbocycles. The fourth-order valence-corrected chi connectivity index (χ4v) is 5.14. The van der Waals surface area contributed by atoms with Gasteiger partial charge in [0.15, 0.2) is 0 Å². The van der Waals surface area contributed by atoms with Crippen molar-refractivity contribution in [3.05, 3.63) is 59.2 Å². The zero-order valence-electron chi connectivity index (χ0n) is 21.9. The highest BCUT2D eigenvalue weighted by Crippen LogP contribution is 2.28. The number of aryl methyl sites for hydroxylation is 2. The van der Waals surface area contributed by atoms with Gasteiger partial charge in [0, 0.05) is 25.6 Å². The first-order chi connectivity index (χ1) is 17.0. The van der Waals surface area contributed by atoms with E-state index >= 15 is 0 Å². The van der Waals surface area contributed by atoms with Crippen molar-refractivity contribution in [2.45, 2.75) is 53.5 Å². The van der Waals surface area contributed by atoms with Crippen molar-refractivity contribution in [2.75, 3.05) is 44.2 Å². The lowest BCUT2D eigenvalue weighted by atomic mass is 9.96. The van der Waals surface area contributed by atoms with Gasteiger partial charge in [0.05, 0.1) is 17.6 Å². The van der Waals surface area contributed by atoms with Crippen molar-refractivity contribution in [1.29, 1.82) is 0 Å². The standard InChI is InChI=1S/C29H41N5O/c1-5-32(6-2)17-9-16-30-28(35)24-14-18-33(19-15-24)29-31-26-10-7-8-11-27(26)34(29)21-25-20-22(3)12-13-23(25)4/h7-8,10-13,20,24H,5-6,9,14-19,21H2,1-4H3,(H,30,35). The van der Waals surface area contributed by atoms with E-state index in [0.717, 1.165) is 82.1 Å². The number of hydrogen-bond acceptors (Lipinski definition) is 4. The molecule has 0 radical (unpaired) electrons. The van der Waals surface area contributed by atoms with Gasteiger partial charge < -0.3 is 19.7 Å². The summed E-state index contributed by atoms with van der Waals surface area (Å²) in [7, 11) is 0. The number of nitrogens with zero attached hydrogens (tertiary/aromatic N) is 4. The predicted molar refractivity (Wildman–Crippen MR) is 145 cm³/mol. The van der Waals surface area contributed by atoms with Gasteiger partial charge in [-0.1, -0.05) is 49.7 Å². The maximum absolute atomic E-state index is 12.8. The summed E-state index contributed by atoms with van der Waals surface area (Å²) < 4.78 is 2.35. The largest absolute Gasteiger partial charge is 0.356 e.